The molecular weight excluding hydrogens is 904 g/mol. The molecule has 9 aromatic rings. The zero-order valence-corrected chi connectivity index (χ0v) is 40.5. The number of nitrogens with zero attached hydrogens (tertiary/aromatic N) is 4. The van der Waals surface area contributed by atoms with Crippen molar-refractivity contribution < 1.29 is 9.53 Å². The molecule has 9 heteroatoms. The number of rotatable bonds is 12. The van der Waals surface area contributed by atoms with Gasteiger partial charge in [-0.05, 0) is 72.2 Å². The number of carbonyl (C=O) groups excluding carboxylic acids is 1. The van der Waals surface area contributed by atoms with E-state index in [1.54, 1.807) is 6.92 Å². The van der Waals surface area contributed by atoms with Crippen molar-refractivity contribution >= 4 is 87.1 Å². The number of aromatic nitrogens is 4. The van der Waals surface area contributed by atoms with Crippen molar-refractivity contribution in [2.75, 3.05) is 6.61 Å². The van der Waals surface area contributed by atoms with Gasteiger partial charge in [0.05, 0.1) is 36.4 Å². The van der Waals surface area contributed by atoms with E-state index in [9.17, 15) is 4.79 Å². The molecule has 72 heavy (non-hydrogen) atoms. The van der Waals surface area contributed by atoms with Gasteiger partial charge in [-0.2, -0.15) is 4.85 Å². The van der Waals surface area contributed by atoms with Gasteiger partial charge in [0, 0.05) is 66.7 Å². The minimum absolute atomic E-state index is 0.139. The van der Waals surface area contributed by atoms with Crippen LogP contribution in [0, 0.1) is 0 Å². The molecule has 0 fully saturated rings. The highest BCUT2D eigenvalue weighted by atomic mass is 31.2. The Morgan fingerprint density at radius 1 is 0.486 bits per heavy atom. The maximum absolute atomic E-state index is 14.0. The first-order valence-corrected chi connectivity index (χ1v) is 25.8. The molecule has 11 rings (SSSR count). The predicted molar refractivity (Wildman–Crippen MR) is 300 cm³/mol. The Hall–Kier alpha value is -8.97. The molecule has 0 aliphatic carbocycles. The van der Waals surface area contributed by atoms with Gasteiger partial charge in [-0.25, -0.2) is 14.8 Å². The second-order valence-electron chi connectivity index (χ2n) is 17.2. The van der Waals surface area contributed by atoms with Crippen LogP contribution < -0.4 is 15.9 Å². The Morgan fingerprint density at radius 3 is 1.26 bits per heavy atom. The average Bonchev–Trinajstić information content (AvgIpc) is 4.30. The van der Waals surface area contributed by atoms with Gasteiger partial charge in [0.2, 0.25) is 0 Å². The lowest BCUT2D eigenvalue weighted by atomic mass is 10.0. The van der Waals surface area contributed by atoms with Crippen LogP contribution in [0.15, 0.2) is 222 Å². The van der Waals surface area contributed by atoms with E-state index < -0.39 is 13.0 Å². The first-order chi connectivity index (χ1) is 35.6. The summed E-state index contributed by atoms with van der Waals surface area (Å²) < 4.78 is 5.68. The van der Waals surface area contributed by atoms with E-state index in [4.69, 9.17) is 24.7 Å². The van der Waals surface area contributed by atoms with Gasteiger partial charge in [0.25, 0.3) is 0 Å². The van der Waals surface area contributed by atoms with Crippen LogP contribution in [0.25, 0.3) is 85.8 Å². The molecule has 5 heterocycles. The number of H-pyrrole nitrogens is 2. The number of benzene rings is 6. The number of hydrogen-bond acceptors (Lipinski definition) is 5. The molecular formula is C63H49N6O2P. The summed E-state index contributed by atoms with van der Waals surface area (Å²) in [6, 6.07) is 70.3. The van der Waals surface area contributed by atoms with E-state index >= 15 is 0 Å². The maximum Gasteiger partial charge on any atom is 0.354 e. The molecule has 6 aromatic carbocycles. The molecule has 0 radical (unpaired) electrons. The molecule has 348 valence electrons. The summed E-state index contributed by atoms with van der Waals surface area (Å²) in [5.74, 6) is -0.527. The number of hydrogen-bond donors (Lipinski definition) is 2. The number of carbonyl (C=O) groups is 1. The Labute approximate surface area is 418 Å². The second kappa shape index (κ2) is 20.6. The Morgan fingerprint density at radius 2 is 0.847 bits per heavy atom. The van der Waals surface area contributed by atoms with Gasteiger partial charge in [-0.3, -0.25) is 0 Å². The number of fused-ring (bicyclic) bond motifs is 8. The number of aromatic amines is 2. The lowest BCUT2D eigenvalue weighted by Crippen LogP contribution is -2.25. The Balaban J connectivity index is 1.15. The molecule has 3 aromatic heterocycles. The molecule has 2 aliphatic heterocycles. The average molecular weight is 953 g/mol. The first kappa shape index (κ1) is 45.5. The number of nitrogens with one attached hydrogen (secondary N) is 2. The zero-order valence-electron chi connectivity index (χ0n) is 39.6. The molecule has 0 saturated carbocycles. The fourth-order valence-electron chi connectivity index (χ4n) is 9.45. The van der Waals surface area contributed by atoms with Crippen LogP contribution in [0.3, 0.4) is 0 Å². The summed E-state index contributed by atoms with van der Waals surface area (Å²) in [5, 5.41) is 7.97. The fraction of sp³-hybridized carbons (Fsp3) is 0.0476. The van der Waals surface area contributed by atoms with Gasteiger partial charge in [-0.1, -0.05) is 194 Å². The van der Waals surface area contributed by atoms with Crippen LogP contribution in [0.5, 0.6) is 0 Å². The van der Waals surface area contributed by atoms with Crippen LogP contribution in [0.1, 0.15) is 41.7 Å². The quantitative estimate of drug-likeness (QED) is 0.0550. The lowest BCUT2D eigenvalue weighted by molar-refractivity contribution is -0.135. The molecule has 2 aliphatic rings. The van der Waals surface area contributed by atoms with Crippen molar-refractivity contribution in [1.82, 2.24) is 19.9 Å². The molecule has 0 atom stereocenters. The smallest absolute Gasteiger partial charge is 0.354 e. The van der Waals surface area contributed by atoms with Crippen LogP contribution >= 0.6 is 7.05 Å². The first-order valence-electron chi connectivity index (χ1n) is 24.1. The standard InChI is InChI=1S/C63H49N6O2P/c1-2-71-63(70)59(68-69-72(47-28-15-6-16-29-47,48-30-17-7-18-31-48)49-32-19-8-20-33-49)35-21-34-50-51-36-38-53(64-51)60(44-22-9-3-10-23-44)55-40-42-57(66-55)62(46-26-13-5-14-27-46)58-43-41-56(67-58)61(45-24-11-4-12-25-45)54-39-37-52(50)65-54/h3-34,36-43,64,67H,2,35H2,1H3/b34-21+,51-50?,52-50?,60-53?,60-55?,61-54?,61-56?,62-57?,62-58?,68-59+. The monoisotopic (exact) mass is 952 g/mol. The van der Waals surface area contributed by atoms with E-state index in [1.807, 2.05) is 109 Å². The highest BCUT2D eigenvalue weighted by molar-refractivity contribution is 7.87. The van der Waals surface area contributed by atoms with Gasteiger partial charge in [-0.15, -0.1) is 5.10 Å². The topological polar surface area (TPSA) is 108 Å². The molecule has 8 bridgehead atoms. The molecule has 0 amide bonds. The van der Waals surface area contributed by atoms with Gasteiger partial charge in [0.15, 0.2) is 5.71 Å². The summed E-state index contributed by atoms with van der Waals surface area (Å²) in [7, 11) is -2.77. The van der Waals surface area contributed by atoms with Crippen LogP contribution in [0.2, 0.25) is 0 Å². The molecule has 0 unspecified atom stereocenters. The highest BCUT2D eigenvalue weighted by Crippen LogP contribution is 2.47. The van der Waals surface area contributed by atoms with E-state index in [0.717, 1.165) is 99.7 Å². The van der Waals surface area contributed by atoms with Gasteiger partial charge in [0.1, 0.15) is 0 Å². The van der Waals surface area contributed by atoms with Gasteiger partial charge >= 0.3 is 5.97 Å². The largest absolute Gasteiger partial charge is 0.461 e. The summed E-state index contributed by atoms with van der Waals surface area (Å²) in [6.07, 6.45) is 12.5. The molecule has 0 spiro atoms. The number of ether oxygens (including phenoxy) is 1. The van der Waals surface area contributed by atoms with Crippen molar-refractivity contribution in [3.8, 4) is 33.4 Å². The SMILES string of the molecule is CCOC(=O)/C(C/C=C/c1c2nc(c(-c3ccccc3)c3ccc([nH]3)c(-c3ccccc3)c3nc(c(-c4ccccc4)c4ccc1[nH]4)C=C3)C=C2)=N/N=P(c1ccccc1)(c1ccccc1)c1ccccc1. The van der Waals surface area contributed by atoms with E-state index in [2.05, 4.69) is 143 Å². The summed E-state index contributed by atoms with van der Waals surface area (Å²) in [4.78, 5) is 37.7. The third-order valence-electron chi connectivity index (χ3n) is 12.8. The highest BCUT2D eigenvalue weighted by Gasteiger charge is 2.28. The minimum Gasteiger partial charge on any atom is -0.461 e. The second-order valence-corrected chi connectivity index (χ2v) is 20.2. The fourth-order valence-corrected chi connectivity index (χ4v) is 12.7. The molecule has 2 N–H and O–H groups in total. The Bertz CT molecular complexity index is 3650. The van der Waals surface area contributed by atoms with Crippen molar-refractivity contribution in [3.05, 3.63) is 241 Å². The van der Waals surface area contributed by atoms with Gasteiger partial charge < -0.3 is 14.7 Å². The van der Waals surface area contributed by atoms with Crippen LogP contribution in [-0.2, 0) is 9.53 Å². The van der Waals surface area contributed by atoms with Crippen molar-refractivity contribution in [2.24, 2.45) is 9.96 Å². The summed E-state index contributed by atoms with van der Waals surface area (Å²) >= 11 is 0. The van der Waals surface area contributed by atoms with Crippen molar-refractivity contribution in [1.29, 1.82) is 0 Å². The third-order valence-corrected chi connectivity index (χ3v) is 16.3. The van der Waals surface area contributed by atoms with E-state index in [0.29, 0.717) is 0 Å². The van der Waals surface area contributed by atoms with Crippen LogP contribution in [-0.4, -0.2) is 38.2 Å². The summed E-state index contributed by atoms with van der Waals surface area (Å²) in [5.41, 5.74) is 13.8. The normalized spacial score (nSPS) is 12.3. The zero-order chi connectivity index (χ0) is 48.7. The maximum atomic E-state index is 14.0. The summed E-state index contributed by atoms with van der Waals surface area (Å²) in [6.45, 7) is 1.99. The number of esters is 1. The Kier molecular flexibility index (Phi) is 13.0. The van der Waals surface area contributed by atoms with Crippen LogP contribution in [0.4, 0.5) is 0 Å². The minimum atomic E-state index is -2.77. The van der Waals surface area contributed by atoms with E-state index in [-0.39, 0.29) is 18.7 Å². The lowest BCUT2D eigenvalue weighted by Gasteiger charge is -2.25. The molecule has 0 saturated heterocycles. The van der Waals surface area contributed by atoms with Crippen molar-refractivity contribution in [3.63, 3.8) is 0 Å². The molecule has 8 nitrogen and oxygen atoms in total. The van der Waals surface area contributed by atoms with E-state index in [1.165, 1.54) is 0 Å². The number of allylic oxidation sites excluding steroid dienone is 1. The van der Waals surface area contributed by atoms with Crippen molar-refractivity contribution in [2.45, 2.75) is 13.3 Å². The third kappa shape index (κ3) is 9.03. The predicted octanol–water partition coefficient (Wildman–Crippen LogP) is 14.2.